The molecule has 30 heavy (non-hydrogen) atoms. The lowest BCUT2D eigenvalue weighted by molar-refractivity contribution is -0.134. The van der Waals surface area contributed by atoms with E-state index in [-0.39, 0.29) is 6.10 Å². The molecular formula is C23H29NO5S. The van der Waals surface area contributed by atoms with Crippen LogP contribution in [-0.4, -0.2) is 39.1 Å². The SMILES string of the molecule is CCc1ccc(C=CC(=O)OC)cc1CN1CC(CC)Oc2ccccc2S1(O)O. The van der Waals surface area contributed by atoms with E-state index in [2.05, 4.69) is 11.7 Å². The number of aryl methyl sites for hydroxylation is 1. The molecule has 2 aromatic rings. The molecule has 1 aliphatic rings. The molecule has 0 radical (unpaired) electrons. The molecule has 162 valence electrons. The number of hydrogen-bond donors (Lipinski definition) is 2. The number of methoxy groups -OCH3 is 1. The number of nitrogens with zero attached hydrogens (tertiary/aromatic N) is 1. The van der Waals surface area contributed by atoms with Crippen LogP contribution in [0.4, 0.5) is 0 Å². The first-order valence-corrected chi connectivity index (χ1v) is 11.6. The molecule has 0 amide bonds. The van der Waals surface area contributed by atoms with Crippen molar-refractivity contribution in [3.8, 4) is 5.75 Å². The molecule has 1 unspecified atom stereocenters. The normalized spacial score (nSPS) is 19.6. The van der Waals surface area contributed by atoms with Crippen LogP contribution in [0.15, 0.2) is 53.4 Å². The predicted molar refractivity (Wildman–Crippen MR) is 120 cm³/mol. The zero-order chi connectivity index (χ0) is 21.7. The molecule has 2 aromatic carbocycles. The average molecular weight is 432 g/mol. The first-order chi connectivity index (χ1) is 14.4. The van der Waals surface area contributed by atoms with Crippen molar-refractivity contribution in [1.82, 2.24) is 4.31 Å². The highest BCUT2D eigenvalue weighted by Crippen LogP contribution is 2.57. The molecule has 0 aliphatic carbocycles. The fraction of sp³-hybridized carbons (Fsp3) is 0.348. The molecule has 0 spiro atoms. The Hall–Kier alpha value is -2.32. The van der Waals surface area contributed by atoms with Gasteiger partial charge in [0.15, 0.2) is 0 Å². The van der Waals surface area contributed by atoms with Gasteiger partial charge in [-0.2, -0.15) is 4.31 Å². The third kappa shape index (κ3) is 4.87. The van der Waals surface area contributed by atoms with E-state index in [0.717, 1.165) is 29.5 Å². The van der Waals surface area contributed by atoms with Crippen LogP contribution in [0.2, 0.25) is 0 Å². The lowest BCUT2D eigenvalue weighted by Crippen LogP contribution is -2.34. The van der Waals surface area contributed by atoms with Crippen molar-refractivity contribution in [2.75, 3.05) is 13.7 Å². The van der Waals surface area contributed by atoms with Gasteiger partial charge in [-0.05, 0) is 47.7 Å². The first-order valence-electron chi connectivity index (χ1n) is 10.1. The van der Waals surface area contributed by atoms with E-state index in [0.29, 0.717) is 23.7 Å². The van der Waals surface area contributed by atoms with Crippen LogP contribution in [-0.2, 0) is 22.5 Å². The zero-order valence-corrected chi connectivity index (χ0v) is 18.4. The molecule has 1 atom stereocenters. The van der Waals surface area contributed by atoms with E-state index in [1.165, 1.54) is 13.2 Å². The maximum absolute atomic E-state index is 11.4. The summed E-state index contributed by atoms with van der Waals surface area (Å²) in [4.78, 5) is 11.8. The monoisotopic (exact) mass is 431 g/mol. The van der Waals surface area contributed by atoms with Gasteiger partial charge in [-0.25, -0.2) is 4.79 Å². The number of carbonyl (C=O) groups is 1. The van der Waals surface area contributed by atoms with Gasteiger partial charge in [-0.1, -0.05) is 44.2 Å². The largest absolute Gasteiger partial charge is 0.487 e. The van der Waals surface area contributed by atoms with Crippen molar-refractivity contribution >= 4 is 22.8 Å². The van der Waals surface area contributed by atoms with Gasteiger partial charge in [-0.3, -0.25) is 9.11 Å². The minimum Gasteiger partial charge on any atom is -0.487 e. The molecule has 0 aromatic heterocycles. The molecule has 6 nitrogen and oxygen atoms in total. The Balaban J connectivity index is 1.97. The second kappa shape index (κ2) is 9.66. The highest BCUT2D eigenvalue weighted by atomic mass is 32.3. The smallest absolute Gasteiger partial charge is 0.330 e. The maximum Gasteiger partial charge on any atom is 0.330 e. The summed E-state index contributed by atoms with van der Waals surface area (Å²) in [5, 5.41) is 0. The summed E-state index contributed by atoms with van der Waals surface area (Å²) in [5.74, 6) is 0.106. The highest BCUT2D eigenvalue weighted by Gasteiger charge is 2.34. The van der Waals surface area contributed by atoms with Gasteiger partial charge < -0.3 is 9.47 Å². The van der Waals surface area contributed by atoms with Crippen LogP contribution >= 0.6 is 10.8 Å². The van der Waals surface area contributed by atoms with Gasteiger partial charge in [0.2, 0.25) is 0 Å². The van der Waals surface area contributed by atoms with Crippen molar-refractivity contribution < 1.29 is 23.4 Å². The minimum atomic E-state index is -3.21. The second-order valence-electron chi connectivity index (χ2n) is 7.17. The van der Waals surface area contributed by atoms with E-state index < -0.39 is 16.7 Å². The molecule has 3 rings (SSSR count). The number of para-hydroxylation sites is 1. The first kappa shape index (κ1) is 22.4. The van der Waals surface area contributed by atoms with Gasteiger partial charge in [0.25, 0.3) is 0 Å². The van der Waals surface area contributed by atoms with Crippen LogP contribution in [0.3, 0.4) is 0 Å². The number of esters is 1. The number of hydrogen-bond acceptors (Lipinski definition) is 6. The van der Waals surface area contributed by atoms with Gasteiger partial charge in [0.05, 0.1) is 13.7 Å². The van der Waals surface area contributed by atoms with Crippen LogP contribution in [0, 0.1) is 0 Å². The number of rotatable bonds is 6. The van der Waals surface area contributed by atoms with E-state index in [1.807, 2.05) is 31.2 Å². The Bertz CT molecular complexity index is 928. The summed E-state index contributed by atoms with van der Waals surface area (Å²) in [6.45, 7) is 4.85. The molecular weight excluding hydrogens is 402 g/mol. The van der Waals surface area contributed by atoms with E-state index in [1.54, 1.807) is 28.6 Å². The molecule has 2 N–H and O–H groups in total. The van der Waals surface area contributed by atoms with Crippen LogP contribution in [0.1, 0.15) is 37.0 Å². The number of carbonyl (C=O) groups excluding carboxylic acids is 1. The standard InChI is InChI=1S/C23H29NO5S/c1-4-18-12-10-17(11-13-23(25)28-3)14-19(18)15-24-16-20(5-2)29-21-8-6-7-9-22(21)30(24,26)27/h6-14,20,26-27H,4-5,15-16H2,1-3H3. The van der Waals surface area contributed by atoms with Crippen molar-refractivity contribution in [1.29, 1.82) is 0 Å². The number of fused-ring (bicyclic) bond motifs is 1. The van der Waals surface area contributed by atoms with Crippen LogP contribution in [0.5, 0.6) is 5.75 Å². The number of ether oxygens (including phenoxy) is 2. The summed E-state index contributed by atoms with van der Waals surface area (Å²) in [6.07, 6.45) is 4.49. The van der Waals surface area contributed by atoms with Gasteiger partial charge in [0.1, 0.15) is 16.7 Å². The van der Waals surface area contributed by atoms with Gasteiger partial charge in [-0.15, -0.1) is 10.8 Å². The molecule has 0 fully saturated rings. The van der Waals surface area contributed by atoms with Crippen molar-refractivity contribution in [2.45, 2.75) is 44.2 Å². The summed E-state index contributed by atoms with van der Waals surface area (Å²) in [7, 11) is -1.87. The van der Waals surface area contributed by atoms with E-state index >= 15 is 0 Å². The third-order valence-corrected chi connectivity index (χ3v) is 7.16. The third-order valence-electron chi connectivity index (χ3n) is 5.23. The lowest BCUT2D eigenvalue weighted by atomic mass is 10.0. The van der Waals surface area contributed by atoms with E-state index in [4.69, 9.17) is 4.74 Å². The predicted octanol–water partition coefficient (Wildman–Crippen LogP) is 5.13. The van der Waals surface area contributed by atoms with E-state index in [9.17, 15) is 13.9 Å². The Morgan fingerprint density at radius 3 is 2.70 bits per heavy atom. The summed E-state index contributed by atoms with van der Waals surface area (Å²) in [5.41, 5.74) is 2.95. The Labute approximate surface area is 179 Å². The second-order valence-corrected chi connectivity index (χ2v) is 9.17. The summed E-state index contributed by atoms with van der Waals surface area (Å²) in [6, 6.07) is 13.1. The summed E-state index contributed by atoms with van der Waals surface area (Å²) >= 11 is 0. The van der Waals surface area contributed by atoms with Gasteiger partial charge >= 0.3 is 5.97 Å². The molecule has 1 heterocycles. The Morgan fingerprint density at radius 2 is 2.00 bits per heavy atom. The number of benzene rings is 2. The average Bonchev–Trinajstić information content (AvgIpc) is 2.86. The Kier molecular flexibility index (Phi) is 7.20. The van der Waals surface area contributed by atoms with Crippen LogP contribution in [0.25, 0.3) is 6.08 Å². The maximum atomic E-state index is 11.4. The van der Waals surface area contributed by atoms with Crippen LogP contribution < -0.4 is 4.74 Å². The Morgan fingerprint density at radius 1 is 1.23 bits per heavy atom. The highest BCUT2D eigenvalue weighted by molar-refractivity contribution is 8.22. The lowest BCUT2D eigenvalue weighted by Gasteiger charge is -2.42. The fourth-order valence-electron chi connectivity index (χ4n) is 3.49. The quantitative estimate of drug-likeness (QED) is 0.487. The molecule has 0 saturated heterocycles. The molecule has 0 bridgehead atoms. The minimum absolute atomic E-state index is 0.146. The molecule has 0 saturated carbocycles. The van der Waals surface area contributed by atoms with Crippen molar-refractivity contribution in [3.63, 3.8) is 0 Å². The topological polar surface area (TPSA) is 79.2 Å². The summed E-state index contributed by atoms with van der Waals surface area (Å²) < 4.78 is 34.8. The molecule has 7 heteroatoms. The van der Waals surface area contributed by atoms with Crippen molar-refractivity contribution in [3.05, 3.63) is 65.2 Å². The molecule has 1 aliphatic heterocycles. The fourth-order valence-corrected chi connectivity index (χ4v) is 5.11. The van der Waals surface area contributed by atoms with Gasteiger partial charge in [0, 0.05) is 12.6 Å². The zero-order valence-electron chi connectivity index (χ0n) is 17.6. The van der Waals surface area contributed by atoms with Crippen molar-refractivity contribution in [2.24, 2.45) is 0 Å².